The monoisotopic (exact) mass is 458 g/mol. The van der Waals surface area contributed by atoms with Crippen LogP contribution in [0.3, 0.4) is 0 Å². The molecule has 0 aliphatic carbocycles. The Labute approximate surface area is 196 Å². The molecule has 2 aliphatic rings. The molecule has 0 N–H and O–H groups in total. The Morgan fingerprint density at radius 1 is 0.882 bits per heavy atom. The summed E-state index contributed by atoms with van der Waals surface area (Å²) < 4.78 is 27.9. The van der Waals surface area contributed by atoms with E-state index in [4.69, 9.17) is 23.7 Å². The van der Waals surface area contributed by atoms with Gasteiger partial charge in [-0.25, -0.2) is 0 Å². The van der Waals surface area contributed by atoms with Crippen molar-refractivity contribution in [3.63, 3.8) is 0 Å². The third kappa shape index (κ3) is 3.55. The Kier molecular flexibility index (Phi) is 5.45. The van der Waals surface area contributed by atoms with Gasteiger partial charge in [-0.3, -0.25) is 9.59 Å². The highest BCUT2D eigenvalue weighted by atomic mass is 16.5. The molecule has 0 saturated carbocycles. The van der Waals surface area contributed by atoms with E-state index >= 15 is 0 Å². The van der Waals surface area contributed by atoms with Crippen molar-refractivity contribution >= 4 is 17.8 Å². The number of benzene rings is 3. The molecule has 0 saturated heterocycles. The first-order chi connectivity index (χ1) is 16.5. The molecule has 0 radical (unpaired) electrons. The first-order valence-electron chi connectivity index (χ1n) is 10.7. The average molecular weight is 458 g/mol. The zero-order chi connectivity index (χ0) is 23.8. The minimum atomic E-state index is -0.384. The number of fused-ring (bicyclic) bond motifs is 3. The molecule has 34 heavy (non-hydrogen) atoms. The molecule has 0 bridgehead atoms. The van der Waals surface area contributed by atoms with Crippen LogP contribution in [-0.2, 0) is 4.79 Å². The highest BCUT2D eigenvalue weighted by Crippen LogP contribution is 2.50. The number of Topliss-reactive ketones (excluding diaryl/α,β-unsaturated/α-hetero) is 1. The van der Waals surface area contributed by atoms with E-state index in [-0.39, 0.29) is 29.9 Å². The molecule has 2 aliphatic heterocycles. The largest absolute Gasteiger partial charge is 0.497 e. The number of para-hydroxylation sites is 1. The predicted octanol–water partition coefficient (Wildman–Crippen LogP) is 4.77. The van der Waals surface area contributed by atoms with Crippen LogP contribution in [-0.4, -0.2) is 33.1 Å². The fraction of sp³-hybridized carbons (Fsp3) is 0.185. The molecular weight excluding hydrogens is 436 g/mol. The van der Waals surface area contributed by atoms with Gasteiger partial charge < -0.3 is 23.7 Å². The Balaban J connectivity index is 1.61. The molecule has 0 unspecified atom stereocenters. The number of rotatable bonds is 5. The van der Waals surface area contributed by atoms with E-state index in [1.165, 1.54) is 0 Å². The van der Waals surface area contributed by atoms with Crippen LogP contribution in [0.1, 0.15) is 39.4 Å². The molecule has 0 spiro atoms. The Morgan fingerprint density at radius 3 is 2.44 bits per heavy atom. The lowest BCUT2D eigenvalue weighted by Crippen LogP contribution is -2.22. The van der Waals surface area contributed by atoms with E-state index in [0.29, 0.717) is 45.4 Å². The SMILES string of the molecule is COc1ccc(/C=C2\Oc3c(ccc4c3[C@@H](c3ccccc3OC)CC(=O)O4)C2=O)c(OC)c1. The van der Waals surface area contributed by atoms with Crippen LogP contribution in [0.5, 0.6) is 28.7 Å². The van der Waals surface area contributed by atoms with Gasteiger partial charge in [0.2, 0.25) is 5.78 Å². The van der Waals surface area contributed by atoms with Gasteiger partial charge in [-0.1, -0.05) is 18.2 Å². The summed E-state index contributed by atoms with van der Waals surface area (Å²) in [5.74, 6) is 1.75. The van der Waals surface area contributed by atoms with E-state index in [1.54, 1.807) is 57.7 Å². The quantitative estimate of drug-likeness (QED) is 0.310. The van der Waals surface area contributed by atoms with Gasteiger partial charge in [-0.2, -0.15) is 0 Å². The second-order valence-electron chi connectivity index (χ2n) is 7.87. The molecule has 172 valence electrons. The minimum absolute atomic E-state index is 0.104. The Bertz CT molecular complexity index is 1340. The first kappa shape index (κ1) is 21.6. The molecule has 7 nitrogen and oxygen atoms in total. The minimum Gasteiger partial charge on any atom is -0.497 e. The van der Waals surface area contributed by atoms with Crippen LogP contribution in [0.2, 0.25) is 0 Å². The van der Waals surface area contributed by atoms with Crippen molar-refractivity contribution in [3.8, 4) is 28.7 Å². The van der Waals surface area contributed by atoms with Gasteiger partial charge in [0.15, 0.2) is 5.76 Å². The first-order valence-corrected chi connectivity index (χ1v) is 10.7. The summed E-state index contributed by atoms with van der Waals surface area (Å²) in [4.78, 5) is 25.6. The van der Waals surface area contributed by atoms with Gasteiger partial charge in [0.1, 0.15) is 28.7 Å². The van der Waals surface area contributed by atoms with Crippen molar-refractivity contribution in [1.29, 1.82) is 0 Å². The Hall–Kier alpha value is -4.26. The van der Waals surface area contributed by atoms with Crippen LogP contribution < -0.4 is 23.7 Å². The number of carbonyl (C=O) groups is 2. The van der Waals surface area contributed by atoms with E-state index in [1.807, 2.05) is 24.3 Å². The molecule has 0 aromatic heterocycles. The van der Waals surface area contributed by atoms with Crippen molar-refractivity contribution in [2.75, 3.05) is 21.3 Å². The average Bonchev–Trinajstić information content (AvgIpc) is 3.18. The fourth-order valence-corrected chi connectivity index (χ4v) is 4.40. The van der Waals surface area contributed by atoms with Gasteiger partial charge in [0.05, 0.1) is 33.3 Å². The maximum absolute atomic E-state index is 13.2. The van der Waals surface area contributed by atoms with Gasteiger partial charge >= 0.3 is 5.97 Å². The molecule has 1 atom stereocenters. The Morgan fingerprint density at radius 2 is 1.68 bits per heavy atom. The standard InChI is InChI=1S/C27H22O7/c1-30-16-9-8-15(22(13-16)32-3)12-23-26(29)18-10-11-21-25(27(18)34-23)19(14-24(28)33-21)17-6-4-5-7-20(17)31-2/h4-13,19H,14H2,1-3H3/b23-12-/t19-/m1/s1. The zero-order valence-corrected chi connectivity index (χ0v) is 18.9. The lowest BCUT2D eigenvalue weighted by atomic mass is 9.84. The third-order valence-corrected chi connectivity index (χ3v) is 6.02. The van der Waals surface area contributed by atoms with Crippen LogP contribution >= 0.6 is 0 Å². The number of hydrogen-bond acceptors (Lipinski definition) is 7. The lowest BCUT2D eigenvalue weighted by Gasteiger charge is -2.27. The summed E-state index contributed by atoms with van der Waals surface area (Å²) in [6.07, 6.45) is 1.74. The molecule has 0 fully saturated rings. The summed E-state index contributed by atoms with van der Waals surface area (Å²) >= 11 is 0. The molecule has 5 rings (SSSR count). The lowest BCUT2D eigenvalue weighted by molar-refractivity contribution is -0.135. The zero-order valence-electron chi connectivity index (χ0n) is 18.9. The van der Waals surface area contributed by atoms with Crippen LogP contribution in [0.4, 0.5) is 0 Å². The molecule has 0 amide bonds. The summed E-state index contributed by atoms with van der Waals surface area (Å²) in [5, 5.41) is 0. The topological polar surface area (TPSA) is 80.3 Å². The van der Waals surface area contributed by atoms with E-state index < -0.39 is 0 Å². The smallest absolute Gasteiger partial charge is 0.312 e. The summed E-state index contributed by atoms with van der Waals surface area (Å²) in [6.45, 7) is 0. The van der Waals surface area contributed by atoms with Crippen molar-refractivity contribution in [2.24, 2.45) is 0 Å². The third-order valence-electron chi connectivity index (χ3n) is 6.02. The predicted molar refractivity (Wildman–Crippen MR) is 124 cm³/mol. The van der Waals surface area contributed by atoms with Gasteiger partial charge in [-0.15, -0.1) is 0 Å². The van der Waals surface area contributed by atoms with Crippen molar-refractivity contribution in [2.45, 2.75) is 12.3 Å². The highest BCUT2D eigenvalue weighted by molar-refractivity contribution is 6.15. The van der Waals surface area contributed by atoms with Crippen LogP contribution in [0, 0.1) is 0 Å². The second-order valence-corrected chi connectivity index (χ2v) is 7.87. The molecule has 3 aromatic rings. The maximum Gasteiger partial charge on any atom is 0.312 e. The molecular formula is C27H22O7. The number of methoxy groups -OCH3 is 3. The van der Waals surface area contributed by atoms with Crippen molar-refractivity contribution in [3.05, 3.63) is 82.6 Å². The normalized spacial score (nSPS) is 17.5. The number of allylic oxidation sites excluding steroid dienone is 1. The molecule has 7 heteroatoms. The number of hydrogen-bond donors (Lipinski definition) is 0. The number of carbonyl (C=O) groups excluding carboxylic acids is 2. The summed E-state index contributed by atoms with van der Waals surface area (Å²) in [6, 6.07) is 16.1. The van der Waals surface area contributed by atoms with Crippen molar-refractivity contribution < 1.29 is 33.3 Å². The highest BCUT2D eigenvalue weighted by Gasteiger charge is 2.39. The second kappa shape index (κ2) is 8.59. The van der Waals surface area contributed by atoms with E-state index in [9.17, 15) is 9.59 Å². The maximum atomic E-state index is 13.2. The fourth-order valence-electron chi connectivity index (χ4n) is 4.40. The molecule has 3 aromatic carbocycles. The van der Waals surface area contributed by atoms with Gasteiger partial charge in [0.25, 0.3) is 0 Å². The summed E-state index contributed by atoms with van der Waals surface area (Å²) in [7, 11) is 4.70. The van der Waals surface area contributed by atoms with E-state index in [0.717, 1.165) is 5.56 Å². The van der Waals surface area contributed by atoms with Gasteiger partial charge in [0, 0.05) is 28.7 Å². The van der Waals surface area contributed by atoms with Gasteiger partial charge in [-0.05, 0) is 36.4 Å². The summed E-state index contributed by atoms with van der Waals surface area (Å²) in [5.41, 5.74) is 2.55. The van der Waals surface area contributed by atoms with Crippen LogP contribution in [0.15, 0.2) is 60.4 Å². The number of ketones is 1. The van der Waals surface area contributed by atoms with Crippen molar-refractivity contribution in [1.82, 2.24) is 0 Å². The van der Waals surface area contributed by atoms with E-state index in [2.05, 4.69) is 0 Å². The number of esters is 1. The van der Waals surface area contributed by atoms with Crippen LogP contribution in [0.25, 0.3) is 6.08 Å². The number of ether oxygens (including phenoxy) is 5. The molecule has 2 heterocycles.